The van der Waals surface area contributed by atoms with Crippen molar-refractivity contribution in [3.63, 3.8) is 0 Å². The van der Waals surface area contributed by atoms with Crippen molar-refractivity contribution in [3.05, 3.63) is 0 Å². The Labute approximate surface area is 101 Å². The maximum atomic E-state index is 6.05. The van der Waals surface area contributed by atoms with Gasteiger partial charge >= 0.3 is 0 Å². The van der Waals surface area contributed by atoms with Gasteiger partial charge in [0.1, 0.15) is 0 Å². The molecule has 1 aliphatic rings. The molecular formula is C14H28O2. The summed E-state index contributed by atoms with van der Waals surface area (Å²) in [5, 5.41) is 0. The minimum atomic E-state index is -0.345. The second kappa shape index (κ2) is 5.50. The fourth-order valence-corrected chi connectivity index (χ4v) is 2.03. The van der Waals surface area contributed by atoms with Crippen LogP contribution in [0.2, 0.25) is 0 Å². The zero-order chi connectivity index (χ0) is 12.2. The first-order chi connectivity index (χ1) is 7.40. The molecule has 0 aromatic heterocycles. The third-order valence-corrected chi connectivity index (χ3v) is 3.76. The molecule has 0 N–H and O–H groups in total. The summed E-state index contributed by atoms with van der Waals surface area (Å²) in [5.74, 6) is -0.345. The summed E-state index contributed by atoms with van der Waals surface area (Å²) in [6.45, 7) is 11.7. The van der Waals surface area contributed by atoms with E-state index < -0.39 is 0 Å². The van der Waals surface area contributed by atoms with Crippen LogP contribution in [0.4, 0.5) is 0 Å². The predicted octanol–water partition coefficient (Wildman–Crippen LogP) is 4.13. The van der Waals surface area contributed by atoms with Gasteiger partial charge in [0.2, 0.25) is 0 Å². The van der Waals surface area contributed by atoms with Crippen LogP contribution in [0.15, 0.2) is 0 Å². The van der Waals surface area contributed by atoms with Gasteiger partial charge in [-0.15, -0.1) is 0 Å². The third kappa shape index (κ3) is 3.74. The van der Waals surface area contributed by atoms with Gasteiger partial charge in [-0.05, 0) is 20.3 Å². The Bertz CT molecular complexity index is 213. The molecule has 0 bridgehead atoms. The molecule has 2 heteroatoms. The molecule has 0 radical (unpaired) electrons. The quantitative estimate of drug-likeness (QED) is 0.659. The van der Waals surface area contributed by atoms with E-state index in [1.165, 1.54) is 25.7 Å². The van der Waals surface area contributed by atoms with E-state index in [0.717, 1.165) is 13.0 Å². The normalized spacial score (nSPS) is 33.9. The molecule has 2 nitrogen and oxygen atoms in total. The highest BCUT2D eigenvalue weighted by Crippen LogP contribution is 2.37. The molecule has 0 amide bonds. The van der Waals surface area contributed by atoms with Gasteiger partial charge in [0, 0.05) is 11.8 Å². The molecule has 1 rings (SSSR count). The molecule has 2 unspecified atom stereocenters. The molecule has 1 aliphatic heterocycles. The Hall–Kier alpha value is -0.0800. The minimum absolute atomic E-state index is 0.142. The van der Waals surface area contributed by atoms with Crippen LogP contribution < -0.4 is 0 Å². The number of hydrogen-bond donors (Lipinski definition) is 0. The first-order valence-corrected chi connectivity index (χ1v) is 6.71. The molecule has 1 saturated heterocycles. The highest BCUT2D eigenvalue weighted by atomic mass is 16.7. The monoisotopic (exact) mass is 228 g/mol. The molecule has 0 aliphatic carbocycles. The molecule has 1 heterocycles. The van der Waals surface area contributed by atoms with Gasteiger partial charge in [-0.1, -0.05) is 40.0 Å². The molecule has 0 saturated carbocycles. The average molecular weight is 228 g/mol. The summed E-state index contributed by atoms with van der Waals surface area (Å²) < 4.78 is 12.0. The lowest BCUT2D eigenvalue weighted by Gasteiger charge is -2.46. The van der Waals surface area contributed by atoms with Crippen LogP contribution in [0.3, 0.4) is 0 Å². The largest absolute Gasteiger partial charge is 0.350 e. The molecule has 0 aromatic rings. The standard InChI is InChI=1S/C14H28O2/c1-6-7-8-9-10-14(5)15-11-13(3,4)12(2)16-14/h12H,6-11H2,1-5H3. The first-order valence-electron chi connectivity index (χ1n) is 6.71. The van der Waals surface area contributed by atoms with Crippen molar-refractivity contribution in [2.24, 2.45) is 5.41 Å². The van der Waals surface area contributed by atoms with E-state index in [2.05, 4.69) is 34.6 Å². The van der Waals surface area contributed by atoms with Gasteiger partial charge in [0.15, 0.2) is 5.79 Å². The number of unbranched alkanes of at least 4 members (excludes halogenated alkanes) is 3. The summed E-state index contributed by atoms with van der Waals surface area (Å²) in [6.07, 6.45) is 6.39. The lowest BCUT2D eigenvalue weighted by atomic mass is 9.86. The van der Waals surface area contributed by atoms with Crippen LogP contribution >= 0.6 is 0 Å². The maximum Gasteiger partial charge on any atom is 0.165 e. The molecule has 96 valence electrons. The summed E-state index contributed by atoms with van der Waals surface area (Å²) in [5.41, 5.74) is 0.142. The molecule has 16 heavy (non-hydrogen) atoms. The van der Waals surface area contributed by atoms with Crippen LogP contribution in [0, 0.1) is 5.41 Å². The van der Waals surface area contributed by atoms with E-state index >= 15 is 0 Å². The van der Waals surface area contributed by atoms with Crippen LogP contribution in [-0.2, 0) is 9.47 Å². The van der Waals surface area contributed by atoms with Crippen molar-refractivity contribution in [2.75, 3.05) is 6.61 Å². The van der Waals surface area contributed by atoms with E-state index in [0.29, 0.717) is 0 Å². The minimum Gasteiger partial charge on any atom is -0.350 e. The fraction of sp³-hybridized carbons (Fsp3) is 1.00. The molecule has 1 fully saturated rings. The molecular weight excluding hydrogens is 200 g/mol. The highest BCUT2D eigenvalue weighted by Gasteiger charge is 2.41. The van der Waals surface area contributed by atoms with E-state index in [1.54, 1.807) is 0 Å². The van der Waals surface area contributed by atoms with Crippen molar-refractivity contribution >= 4 is 0 Å². The van der Waals surface area contributed by atoms with Crippen LogP contribution in [-0.4, -0.2) is 18.5 Å². The van der Waals surface area contributed by atoms with Crippen molar-refractivity contribution in [3.8, 4) is 0 Å². The zero-order valence-corrected chi connectivity index (χ0v) is 11.6. The molecule has 0 spiro atoms. The van der Waals surface area contributed by atoms with Crippen molar-refractivity contribution in [2.45, 2.75) is 78.6 Å². The lowest BCUT2D eigenvalue weighted by Crippen LogP contribution is -2.50. The summed E-state index contributed by atoms with van der Waals surface area (Å²) in [4.78, 5) is 0. The van der Waals surface area contributed by atoms with Crippen molar-refractivity contribution in [1.82, 2.24) is 0 Å². The van der Waals surface area contributed by atoms with Crippen molar-refractivity contribution < 1.29 is 9.47 Å². The van der Waals surface area contributed by atoms with Crippen molar-refractivity contribution in [1.29, 1.82) is 0 Å². The van der Waals surface area contributed by atoms with Gasteiger partial charge in [0.25, 0.3) is 0 Å². The van der Waals surface area contributed by atoms with Crippen LogP contribution in [0.5, 0.6) is 0 Å². The van der Waals surface area contributed by atoms with Gasteiger partial charge in [-0.2, -0.15) is 0 Å². The Kier molecular flexibility index (Phi) is 4.81. The third-order valence-electron chi connectivity index (χ3n) is 3.76. The first kappa shape index (κ1) is 14.0. The number of ether oxygens (including phenoxy) is 2. The topological polar surface area (TPSA) is 18.5 Å². The Morgan fingerprint density at radius 1 is 1.12 bits per heavy atom. The van der Waals surface area contributed by atoms with E-state index in [-0.39, 0.29) is 17.3 Å². The van der Waals surface area contributed by atoms with E-state index in [1.807, 2.05) is 0 Å². The van der Waals surface area contributed by atoms with Gasteiger partial charge in [-0.25, -0.2) is 0 Å². The smallest absolute Gasteiger partial charge is 0.165 e. The van der Waals surface area contributed by atoms with Gasteiger partial charge in [0.05, 0.1) is 12.7 Å². The van der Waals surface area contributed by atoms with E-state index in [4.69, 9.17) is 9.47 Å². The van der Waals surface area contributed by atoms with Gasteiger partial charge in [-0.3, -0.25) is 0 Å². The molecule has 0 aromatic carbocycles. The fourth-order valence-electron chi connectivity index (χ4n) is 2.03. The lowest BCUT2D eigenvalue weighted by molar-refractivity contribution is -0.319. The highest BCUT2D eigenvalue weighted by molar-refractivity contribution is 4.83. The van der Waals surface area contributed by atoms with Crippen LogP contribution in [0.1, 0.15) is 66.7 Å². The summed E-state index contributed by atoms with van der Waals surface area (Å²) in [6, 6.07) is 0. The van der Waals surface area contributed by atoms with Crippen LogP contribution in [0.25, 0.3) is 0 Å². The van der Waals surface area contributed by atoms with Gasteiger partial charge < -0.3 is 9.47 Å². The Morgan fingerprint density at radius 2 is 1.81 bits per heavy atom. The van der Waals surface area contributed by atoms with E-state index in [9.17, 15) is 0 Å². The number of rotatable bonds is 5. The predicted molar refractivity (Wildman–Crippen MR) is 67.4 cm³/mol. The average Bonchev–Trinajstić information content (AvgIpc) is 2.21. The second-order valence-electron chi connectivity index (χ2n) is 5.98. The molecule has 2 atom stereocenters. The Balaban J connectivity index is 2.36. The second-order valence-corrected chi connectivity index (χ2v) is 5.98. The maximum absolute atomic E-state index is 6.05. The summed E-state index contributed by atoms with van der Waals surface area (Å²) in [7, 11) is 0. The SMILES string of the molecule is CCCCCCC1(C)OCC(C)(C)C(C)O1. The number of hydrogen-bond acceptors (Lipinski definition) is 2. The summed E-state index contributed by atoms with van der Waals surface area (Å²) >= 11 is 0. The zero-order valence-electron chi connectivity index (χ0n) is 11.6. The Morgan fingerprint density at radius 3 is 2.38 bits per heavy atom.